The zero-order valence-corrected chi connectivity index (χ0v) is 8.72. The fourth-order valence-corrected chi connectivity index (χ4v) is 1.19. The van der Waals surface area contributed by atoms with E-state index in [1.807, 2.05) is 20.8 Å². The lowest BCUT2D eigenvalue weighted by Gasteiger charge is -2.23. The number of carbonyl (C=O) groups is 1. The first-order valence-electron chi connectivity index (χ1n) is 4.95. The lowest BCUT2D eigenvalue weighted by Crippen LogP contribution is -2.42. The second-order valence-electron chi connectivity index (χ2n) is 4.27. The Hall–Kier alpha value is -0.570. The number of carbonyl (C=O) groups excluding carboxylic acids is 1. The van der Waals surface area contributed by atoms with Gasteiger partial charge in [-0.15, -0.1) is 0 Å². The molecule has 0 aromatic heterocycles. The predicted molar refractivity (Wildman–Crippen MR) is 51.4 cm³/mol. The van der Waals surface area contributed by atoms with Crippen molar-refractivity contribution in [2.75, 3.05) is 13.2 Å². The fraction of sp³-hybridized carbons (Fsp3) is 0.900. The fourth-order valence-electron chi connectivity index (χ4n) is 1.19. The summed E-state index contributed by atoms with van der Waals surface area (Å²) in [6.07, 6.45) is 1.82. The van der Waals surface area contributed by atoms with Crippen LogP contribution >= 0.6 is 0 Å². The van der Waals surface area contributed by atoms with Crippen LogP contribution in [-0.2, 0) is 9.53 Å². The molecule has 0 radical (unpaired) electrons. The van der Waals surface area contributed by atoms with Gasteiger partial charge in [0.15, 0.2) is 0 Å². The molecule has 1 rings (SSSR count). The van der Waals surface area contributed by atoms with Crippen LogP contribution in [0.25, 0.3) is 0 Å². The topological polar surface area (TPSA) is 38.3 Å². The Morgan fingerprint density at radius 1 is 1.62 bits per heavy atom. The third kappa shape index (κ3) is 2.69. The lowest BCUT2D eigenvalue weighted by molar-refractivity contribution is -0.130. The van der Waals surface area contributed by atoms with Crippen LogP contribution in [0.15, 0.2) is 0 Å². The maximum Gasteiger partial charge on any atom is 0.225 e. The first-order valence-corrected chi connectivity index (χ1v) is 4.95. The molecular formula is C10H19NO2. The molecule has 3 nitrogen and oxygen atoms in total. The van der Waals surface area contributed by atoms with Gasteiger partial charge in [0.1, 0.15) is 0 Å². The molecule has 0 spiro atoms. The zero-order valence-electron chi connectivity index (χ0n) is 8.72. The van der Waals surface area contributed by atoms with E-state index in [0.29, 0.717) is 6.61 Å². The van der Waals surface area contributed by atoms with Crippen LogP contribution in [0.3, 0.4) is 0 Å². The monoisotopic (exact) mass is 185 g/mol. The number of nitrogens with one attached hydrogen (secondary N) is 1. The minimum atomic E-state index is -0.247. The molecule has 1 aliphatic rings. The summed E-state index contributed by atoms with van der Waals surface area (Å²) in [5.41, 5.74) is -0.247. The van der Waals surface area contributed by atoms with Crippen molar-refractivity contribution in [2.45, 2.75) is 39.7 Å². The molecule has 76 valence electrons. The number of ether oxygens (including phenoxy) is 1. The number of amides is 1. The van der Waals surface area contributed by atoms with Gasteiger partial charge in [-0.1, -0.05) is 20.8 Å². The molecule has 1 amide bonds. The highest BCUT2D eigenvalue weighted by molar-refractivity contribution is 5.82. The SMILES string of the molecule is CCC(C)(C)C(=O)NC1CCOC1. The molecule has 1 atom stereocenters. The van der Waals surface area contributed by atoms with Gasteiger partial charge in [-0.3, -0.25) is 4.79 Å². The molecule has 0 saturated carbocycles. The van der Waals surface area contributed by atoms with E-state index in [2.05, 4.69) is 5.32 Å². The van der Waals surface area contributed by atoms with Crippen LogP contribution < -0.4 is 5.32 Å². The summed E-state index contributed by atoms with van der Waals surface area (Å²) in [4.78, 5) is 11.7. The Morgan fingerprint density at radius 2 is 2.31 bits per heavy atom. The van der Waals surface area contributed by atoms with Gasteiger partial charge in [0.2, 0.25) is 5.91 Å². The summed E-state index contributed by atoms with van der Waals surface area (Å²) in [6, 6.07) is 0.235. The minimum absolute atomic E-state index is 0.144. The van der Waals surface area contributed by atoms with Crippen LogP contribution in [0, 0.1) is 5.41 Å². The molecule has 1 N–H and O–H groups in total. The summed E-state index contributed by atoms with van der Waals surface area (Å²) >= 11 is 0. The van der Waals surface area contributed by atoms with E-state index in [-0.39, 0.29) is 17.4 Å². The summed E-state index contributed by atoms with van der Waals surface area (Å²) in [5, 5.41) is 3.01. The smallest absolute Gasteiger partial charge is 0.225 e. The third-order valence-corrected chi connectivity index (χ3v) is 2.76. The molecule has 0 aromatic rings. The lowest BCUT2D eigenvalue weighted by atomic mass is 9.89. The highest BCUT2D eigenvalue weighted by Gasteiger charge is 2.28. The summed E-state index contributed by atoms with van der Waals surface area (Å²) in [7, 11) is 0. The Kier molecular flexibility index (Phi) is 3.31. The van der Waals surface area contributed by atoms with Crippen molar-refractivity contribution < 1.29 is 9.53 Å². The summed E-state index contributed by atoms with van der Waals surface area (Å²) in [6.45, 7) is 7.42. The number of hydrogen-bond donors (Lipinski definition) is 1. The van der Waals surface area contributed by atoms with E-state index in [1.54, 1.807) is 0 Å². The Labute approximate surface area is 79.8 Å². The largest absolute Gasteiger partial charge is 0.379 e. The van der Waals surface area contributed by atoms with Crippen LogP contribution in [0.1, 0.15) is 33.6 Å². The maximum atomic E-state index is 11.7. The summed E-state index contributed by atoms with van der Waals surface area (Å²) < 4.78 is 5.19. The van der Waals surface area contributed by atoms with Gasteiger partial charge in [-0.2, -0.15) is 0 Å². The van der Waals surface area contributed by atoms with Gasteiger partial charge in [-0.25, -0.2) is 0 Å². The van der Waals surface area contributed by atoms with E-state index in [9.17, 15) is 4.79 Å². The van der Waals surface area contributed by atoms with Gasteiger partial charge >= 0.3 is 0 Å². The molecule has 1 fully saturated rings. The van der Waals surface area contributed by atoms with Crippen molar-refractivity contribution >= 4 is 5.91 Å². The maximum absolute atomic E-state index is 11.7. The van der Waals surface area contributed by atoms with Crippen LogP contribution in [0.4, 0.5) is 0 Å². The molecule has 1 heterocycles. The standard InChI is InChI=1S/C10H19NO2/c1-4-10(2,3)9(12)11-8-5-6-13-7-8/h8H,4-7H2,1-3H3,(H,11,12). The van der Waals surface area contributed by atoms with Crippen molar-refractivity contribution in [3.05, 3.63) is 0 Å². The first-order chi connectivity index (χ1) is 6.06. The molecular weight excluding hydrogens is 166 g/mol. The molecule has 1 aliphatic heterocycles. The van der Waals surface area contributed by atoms with Gasteiger partial charge in [-0.05, 0) is 12.8 Å². The van der Waals surface area contributed by atoms with Gasteiger partial charge in [0.25, 0.3) is 0 Å². The van der Waals surface area contributed by atoms with Crippen molar-refractivity contribution in [1.82, 2.24) is 5.32 Å². The van der Waals surface area contributed by atoms with Crippen molar-refractivity contribution in [3.63, 3.8) is 0 Å². The molecule has 0 aliphatic carbocycles. The normalized spacial score (nSPS) is 23.2. The second kappa shape index (κ2) is 4.09. The predicted octanol–water partition coefficient (Wildman–Crippen LogP) is 1.33. The highest BCUT2D eigenvalue weighted by atomic mass is 16.5. The minimum Gasteiger partial charge on any atom is -0.379 e. The van der Waals surface area contributed by atoms with E-state index in [4.69, 9.17) is 4.74 Å². The highest BCUT2D eigenvalue weighted by Crippen LogP contribution is 2.20. The quantitative estimate of drug-likeness (QED) is 0.720. The molecule has 0 aromatic carbocycles. The van der Waals surface area contributed by atoms with Gasteiger partial charge in [0.05, 0.1) is 12.6 Å². The van der Waals surface area contributed by atoms with Crippen LogP contribution in [0.5, 0.6) is 0 Å². The number of rotatable bonds is 3. The third-order valence-electron chi connectivity index (χ3n) is 2.76. The van der Waals surface area contributed by atoms with Crippen molar-refractivity contribution in [3.8, 4) is 0 Å². The molecule has 1 saturated heterocycles. The van der Waals surface area contributed by atoms with E-state index in [1.165, 1.54) is 0 Å². The first kappa shape index (κ1) is 10.5. The average molecular weight is 185 g/mol. The van der Waals surface area contributed by atoms with Crippen LogP contribution in [-0.4, -0.2) is 25.2 Å². The molecule has 1 unspecified atom stereocenters. The van der Waals surface area contributed by atoms with E-state index < -0.39 is 0 Å². The van der Waals surface area contributed by atoms with Crippen molar-refractivity contribution in [2.24, 2.45) is 5.41 Å². The van der Waals surface area contributed by atoms with E-state index in [0.717, 1.165) is 19.4 Å². The van der Waals surface area contributed by atoms with Crippen molar-refractivity contribution in [1.29, 1.82) is 0 Å². The Balaban J connectivity index is 2.39. The molecule has 0 bridgehead atoms. The van der Waals surface area contributed by atoms with Gasteiger partial charge < -0.3 is 10.1 Å². The average Bonchev–Trinajstić information content (AvgIpc) is 2.57. The van der Waals surface area contributed by atoms with Gasteiger partial charge in [0, 0.05) is 12.0 Å². The Bertz CT molecular complexity index is 183. The van der Waals surface area contributed by atoms with E-state index >= 15 is 0 Å². The van der Waals surface area contributed by atoms with Crippen LogP contribution in [0.2, 0.25) is 0 Å². The molecule has 13 heavy (non-hydrogen) atoms. The molecule has 3 heteroatoms. The summed E-state index contributed by atoms with van der Waals surface area (Å²) in [5.74, 6) is 0.144. The Morgan fingerprint density at radius 3 is 2.77 bits per heavy atom. The number of hydrogen-bond acceptors (Lipinski definition) is 2. The second-order valence-corrected chi connectivity index (χ2v) is 4.27. The zero-order chi connectivity index (χ0) is 9.90.